The molecule has 5 nitrogen and oxygen atoms in total. The molecule has 0 saturated carbocycles. The Labute approximate surface area is 201 Å². The summed E-state index contributed by atoms with van der Waals surface area (Å²) in [5, 5.41) is -0.456. The maximum Gasteiger partial charge on any atom is 0.260 e. The Hall–Kier alpha value is -3.21. The fraction of sp³-hybridized carbons (Fsp3) is 0.308. The van der Waals surface area contributed by atoms with Gasteiger partial charge in [0.05, 0.1) is 5.69 Å². The fourth-order valence-electron chi connectivity index (χ4n) is 5.35. The fourth-order valence-corrected chi connectivity index (χ4v) is 5.59. The molecule has 2 N–H and O–H groups in total. The number of rotatable bonds is 2. The van der Waals surface area contributed by atoms with Gasteiger partial charge in [0.2, 0.25) is 0 Å². The van der Waals surface area contributed by atoms with Crippen LogP contribution in [0.2, 0.25) is 5.02 Å². The number of hydrogen-bond acceptors (Lipinski definition) is 4. The number of aryl methyl sites for hydroxylation is 1. The van der Waals surface area contributed by atoms with Gasteiger partial charge in [-0.25, -0.2) is 13.8 Å². The molecule has 0 radical (unpaired) electrons. The first-order valence-corrected chi connectivity index (χ1v) is 11.5. The van der Waals surface area contributed by atoms with Crippen molar-refractivity contribution in [3.8, 4) is 18.0 Å². The van der Waals surface area contributed by atoms with Gasteiger partial charge in [-0.05, 0) is 67.0 Å². The van der Waals surface area contributed by atoms with Gasteiger partial charge in [0.15, 0.2) is 11.6 Å². The Morgan fingerprint density at radius 3 is 2.62 bits per heavy atom. The quantitative estimate of drug-likeness (QED) is 0.439. The van der Waals surface area contributed by atoms with E-state index in [4.69, 9.17) is 23.8 Å². The summed E-state index contributed by atoms with van der Waals surface area (Å²) >= 11 is 5.97. The van der Waals surface area contributed by atoms with Crippen molar-refractivity contribution in [2.75, 3.05) is 18.0 Å². The van der Waals surface area contributed by atoms with Crippen LogP contribution in [0.15, 0.2) is 41.2 Å². The van der Waals surface area contributed by atoms with Gasteiger partial charge < -0.3 is 10.6 Å². The monoisotopic (exact) mass is 480 g/mol. The summed E-state index contributed by atoms with van der Waals surface area (Å²) in [6.45, 7) is 3.04. The summed E-state index contributed by atoms with van der Waals surface area (Å²) in [4.78, 5) is 19.6. The van der Waals surface area contributed by atoms with Gasteiger partial charge in [-0.3, -0.25) is 9.36 Å². The number of terminal acetylenes is 1. The normalized spacial score (nSPS) is 18.7. The number of piperidine rings is 1. The predicted molar refractivity (Wildman–Crippen MR) is 128 cm³/mol. The van der Waals surface area contributed by atoms with E-state index in [0.717, 1.165) is 36.5 Å². The molecule has 1 spiro atoms. The molecule has 0 amide bonds. The van der Waals surface area contributed by atoms with E-state index < -0.39 is 22.2 Å². The highest BCUT2D eigenvalue weighted by molar-refractivity contribution is 6.32. The van der Waals surface area contributed by atoms with Crippen LogP contribution in [-0.4, -0.2) is 22.6 Å². The highest BCUT2D eigenvalue weighted by atomic mass is 35.5. The van der Waals surface area contributed by atoms with E-state index in [1.165, 1.54) is 22.3 Å². The zero-order chi connectivity index (χ0) is 24.2. The Kier molecular flexibility index (Phi) is 5.46. The van der Waals surface area contributed by atoms with E-state index in [-0.39, 0.29) is 17.1 Å². The lowest BCUT2D eigenvalue weighted by molar-refractivity contribution is 0.187. The minimum Gasteiger partial charge on any atom is -0.356 e. The number of halogens is 3. The number of fused-ring (bicyclic) bond motifs is 1. The molecule has 1 saturated heterocycles. The van der Waals surface area contributed by atoms with Crippen molar-refractivity contribution in [2.45, 2.75) is 32.2 Å². The van der Waals surface area contributed by atoms with Gasteiger partial charge in [0, 0.05) is 30.8 Å². The molecule has 1 aromatic heterocycles. The van der Waals surface area contributed by atoms with E-state index in [9.17, 15) is 13.6 Å². The van der Waals surface area contributed by atoms with E-state index in [1.807, 2.05) is 12.1 Å². The molecule has 5 rings (SSSR count). The molecule has 2 heterocycles. The van der Waals surface area contributed by atoms with Crippen molar-refractivity contribution in [1.29, 1.82) is 0 Å². The third-order valence-corrected chi connectivity index (χ3v) is 7.62. The molecule has 8 heteroatoms. The lowest BCUT2D eigenvalue weighted by atomic mass is 9.73. The molecular formula is C26H23ClF2N4O. The third kappa shape index (κ3) is 3.49. The van der Waals surface area contributed by atoms with Crippen LogP contribution < -0.4 is 16.2 Å². The van der Waals surface area contributed by atoms with Crippen molar-refractivity contribution in [1.82, 2.24) is 9.55 Å². The van der Waals surface area contributed by atoms with Crippen LogP contribution in [0, 0.1) is 36.3 Å². The van der Waals surface area contributed by atoms with Crippen LogP contribution in [-0.2, 0) is 6.42 Å². The number of anilines is 1. The minimum atomic E-state index is -1.20. The van der Waals surface area contributed by atoms with Crippen LogP contribution >= 0.6 is 11.6 Å². The van der Waals surface area contributed by atoms with E-state index in [2.05, 4.69) is 21.9 Å². The second-order valence-corrected chi connectivity index (χ2v) is 9.47. The molecule has 0 bridgehead atoms. The third-order valence-electron chi connectivity index (χ3n) is 7.26. The van der Waals surface area contributed by atoms with E-state index >= 15 is 0 Å². The summed E-state index contributed by atoms with van der Waals surface area (Å²) in [6.07, 6.45) is 8.18. The SMILES string of the molecule is C#Cc1ccc2c(c1)[C@@H](N)C1(CCN(c3cc(=O)n(-c4ccc(F)c(F)c4Cl)c(C)n3)CC1)C2. The predicted octanol–water partition coefficient (Wildman–Crippen LogP) is 4.30. The summed E-state index contributed by atoms with van der Waals surface area (Å²) in [6, 6.07) is 9.60. The highest BCUT2D eigenvalue weighted by Crippen LogP contribution is 2.51. The zero-order valence-electron chi connectivity index (χ0n) is 18.6. The van der Waals surface area contributed by atoms with E-state index in [0.29, 0.717) is 24.7 Å². The number of hydrogen-bond donors (Lipinski definition) is 1. The lowest BCUT2D eigenvalue weighted by Gasteiger charge is -2.42. The van der Waals surface area contributed by atoms with Crippen molar-refractivity contribution in [2.24, 2.45) is 11.1 Å². The molecule has 1 aliphatic carbocycles. The Balaban J connectivity index is 1.39. The standard InChI is InChI=1S/C26H23ClF2N4O/c1-3-16-4-5-17-14-26(25(30)18(17)12-16)8-10-32(11-9-26)21-13-22(34)33(15(2)31-21)20-7-6-19(28)24(29)23(20)27/h1,4-7,12-13,25H,8-11,14,30H2,2H3/t25-/m1/s1. The second-order valence-electron chi connectivity index (χ2n) is 9.09. The smallest absolute Gasteiger partial charge is 0.260 e. The molecule has 1 aliphatic heterocycles. The first-order valence-electron chi connectivity index (χ1n) is 11.1. The summed E-state index contributed by atoms with van der Waals surface area (Å²) < 4.78 is 28.6. The largest absolute Gasteiger partial charge is 0.356 e. The van der Waals surface area contributed by atoms with Crippen LogP contribution in [0.5, 0.6) is 0 Å². The van der Waals surface area contributed by atoms with Crippen LogP contribution in [0.4, 0.5) is 14.6 Å². The van der Waals surface area contributed by atoms with Crippen molar-refractivity contribution >= 4 is 17.4 Å². The average molecular weight is 481 g/mol. The second kappa shape index (κ2) is 8.23. The molecule has 1 atom stereocenters. The zero-order valence-corrected chi connectivity index (χ0v) is 19.4. The van der Waals surface area contributed by atoms with Gasteiger partial charge in [-0.1, -0.05) is 23.6 Å². The van der Waals surface area contributed by atoms with Crippen molar-refractivity contribution < 1.29 is 8.78 Å². The van der Waals surface area contributed by atoms with Gasteiger partial charge in [-0.15, -0.1) is 6.42 Å². The summed E-state index contributed by atoms with van der Waals surface area (Å²) in [7, 11) is 0. The molecule has 0 unspecified atom stereocenters. The van der Waals surface area contributed by atoms with Gasteiger partial charge in [-0.2, -0.15) is 0 Å². The van der Waals surface area contributed by atoms with E-state index in [1.54, 1.807) is 6.92 Å². The topological polar surface area (TPSA) is 64.2 Å². The Morgan fingerprint density at radius 2 is 1.94 bits per heavy atom. The number of nitrogens with zero attached hydrogens (tertiary/aromatic N) is 3. The van der Waals surface area contributed by atoms with Crippen LogP contribution in [0.1, 0.15) is 41.4 Å². The maximum absolute atomic E-state index is 14.0. The molecular weight excluding hydrogens is 458 g/mol. The molecule has 174 valence electrons. The van der Waals surface area contributed by atoms with Crippen LogP contribution in [0.3, 0.4) is 0 Å². The number of benzene rings is 2. The Morgan fingerprint density at radius 1 is 1.21 bits per heavy atom. The van der Waals surface area contributed by atoms with Gasteiger partial charge in [0.1, 0.15) is 16.7 Å². The molecule has 2 aliphatic rings. The van der Waals surface area contributed by atoms with Gasteiger partial charge >= 0.3 is 0 Å². The molecule has 2 aromatic carbocycles. The molecule has 34 heavy (non-hydrogen) atoms. The minimum absolute atomic E-state index is 0.0464. The van der Waals surface area contributed by atoms with Gasteiger partial charge in [0.25, 0.3) is 5.56 Å². The Bertz CT molecular complexity index is 1400. The number of nitrogens with two attached hydrogens (primary N) is 1. The lowest BCUT2D eigenvalue weighted by Crippen LogP contribution is -2.45. The average Bonchev–Trinajstić information content (AvgIpc) is 3.09. The van der Waals surface area contributed by atoms with Crippen molar-refractivity contribution in [3.05, 3.63) is 85.9 Å². The first-order chi connectivity index (χ1) is 16.2. The molecule has 1 fully saturated rings. The summed E-state index contributed by atoms with van der Waals surface area (Å²) in [5.41, 5.74) is 9.52. The van der Waals surface area contributed by atoms with Crippen LogP contribution in [0.25, 0.3) is 5.69 Å². The number of aromatic nitrogens is 2. The first kappa shape index (κ1) is 22.6. The highest BCUT2D eigenvalue weighted by Gasteiger charge is 2.46. The van der Waals surface area contributed by atoms with Crippen molar-refractivity contribution in [3.63, 3.8) is 0 Å². The maximum atomic E-state index is 14.0. The summed E-state index contributed by atoms with van der Waals surface area (Å²) in [5.74, 6) is 1.29. The molecule has 3 aromatic rings.